The van der Waals surface area contributed by atoms with Crippen molar-refractivity contribution in [3.63, 3.8) is 0 Å². The van der Waals surface area contributed by atoms with E-state index in [2.05, 4.69) is 5.16 Å². The van der Waals surface area contributed by atoms with E-state index in [0.717, 1.165) is 34.0 Å². The molecule has 0 saturated carbocycles. The van der Waals surface area contributed by atoms with Crippen molar-refractivity contribution in [2.75, 3.05) is 12.8 Å². The molecular formula is C16H16N2O3. The summed E-state index contributed by atoms with van der Waals surface area (Å²) in [5.74, 6) is 2.68. The number of nitrogens with zero attached hydrogens (tertiary/aromatic N) is 1. The second-order valence-electron chi connectivity index (χ2n) is 4.83. The van der Waals surface area contributed by atoms with Gasteiger partial charge < -0.3 is 19.4 Å². The van der Waals surface area contributed by atoms with Crippen LogP contribution in [0.2, 0.25) is 0 Å². The van der Waals surface area contributed by atoms with Crippen LogP contribution in [0.5, 0.6) is 5.75 Å². The molecule has 0 amide bonds. The number of nitrogen functional groups attached to an aromatic ring is 1. The quantitative estimate of drug-likeness (QED) is 0.791. The number of hydrogen-bond donors (Lipinski definition) is 1. The lowest BCUT2D eigenvalue weighted by Gasteiger charge is -2.04. The third kappa shape index (κ3) is 2.27. The van der Waals surface area contributed by atoms with E-state index < -0.39 is 0 Å². The number of ether oxygens (including phenoxy) is 1. The number of aromatic nitrogens is 1. The maximum Gasteiger partial charge on any atom is 0.230 e. The Morgan fingerprint density at radius 2 is 1.86 bits per heavy atom. The monoisotopic (exact) mass is 284 g/mol. The molecule has 0 saturated heterocycles. The number of furan rings is 1. The molecule has 5 heteroatoms. The van der Waals surface area contributed by atoms with Gasteiger partial charge in [-0.05, 0) is 37.6 Å². The molecule has 0 radical (unpaired) electrons. The maximum atomic E-state index is 5.95. The first-order valence-corrected chi connectivity index (χ1v) is 6.57. The van der Waals surface area contributed by atoms with Crippen LogP contribution in [0.4, 0.5) is 5.88 Å². The van der Waals surface area contributed by atoms with Crippen LogP contribution in [0, 0.1) is 13.8 Å². The smallest absolute Gasteiger partial charge is 0.230 e. The summed E-state index contributed by atoms with van der Waals surface area (Å²) in [4.78, 5) is 0. The SMILES string of the molecule is COc1ccc(-c2c(-c3cc(C)oc3C)noc2N)cc1. The molecular weight excluding hydrogens is 268 g/mol. The first kappa shape index (κ1) is 13.3. The summed E-state index contributed by atoms with van der Waals surface area (Å²) in [5.41, 5.74) is 9.21. The first-order chi connectivity index (χ1) is 10.1. The Bertz CT molecular complexity index is 769. The Morgan fingerprint density at radius 1 is 1.14 bits per heavy atom. The second-order valence-corrected chi connectivity index (χ2v) is 4.83. The molecule has 2 N–H and O–H groups in total. The van der Waals surface area contributed by atoms with Crippen LogP contribution in [0.25, 0.3) is 22.4 Å². The van der Waals surface area contributed by atoms with E-state index in [-0.39, 0.29) is 5.88 Å². The molecule has 0 fully saturated rings. The summed E-state index contributed by atoms with van der Waals surface area (Å²) in [7, 11) is 1.63. The van der Waals surface area contributed by atoms with Gasteiger partial charge in [0.15, 0.2) is 0 Å². The third-order valence-corrected chi connectivity index (χ3v) is 3.39. The summed E-state index contributed by atoms with van der Waals surface area (Å²) in [6.45, 7) is 3.79. The Morgan fingerprint density at radius 3 is 2.43 bits per heavy atom. The van der Waals surface area contributed by atoms with Gasteiger partial charge in [0.2, 0.25) is 5.88 Å². The molecule has 21 heavy (non-hydrogen) atoms. The van der Waals surface area contributed by atoms with Crippen LogP contribution in [-0.4, -0.2) is 12.3 Å². The zero-order valence-corrected chi connectivity index (χ0v) is 12.1. The van der Waals surface area contributed by atoms with Gasteiger partial charge in [-0.2, -0.15) is 0 Å². The first-order valence-electron chi connectivity index (χ1n) is 6.57. The molecule has 0 spiro atoms. The van der Waals surface area contributed by atoms with Gasteiger partial charge in [0.05, 0.1) is 12.7 Å². The van der Waals surface area contributed by atoms with Gasteiger partial charge in [-0.15, -0.1) is 0 Å². The second kappa shape index (κ2) is 5.01. The fraction of sp³-hybridized carbons (Fsp3) is 0.188. The number of anilines is 1. The van der Waals surface area contributed by atoms with E-state index in [4.69, 9.17) is 19.4 Å². The van der Waals surface area contributed by atoms with Crippen molar-refractivity contribution < 1.29 is 13.7 Å². The molecule has 2 heterocycles. The summed E-state index contributed by atoms with van der Waals surface area (Å²) in [5, 5.41) is 4.09. The Hall–Kier alpha value is -2.69. The van der Waals surface area contributed by atoms with E-state index in [1.165, 1.54) is 0 Å². The largest absolute Gasteiger partial charge is 0.497 e. The van der Waals surface area contributed by atoms with Gasteiger partial charge >= 0.3 is 0 Å². The lowest BCUT2D eigenvalue weighted by Crippen LogP contribution is -1.88. The molecule has 0 aliphatic carbocycles. The third-order valence-electron chi connectivity index (χ3n) is 3.39. The van der Waals surface area contributed by atoms with Crippen molar-refractivity contribution >= 4 is 5.88 Å². The van der Waals surface area contributed by atoms with E-state index in [9.17, 15) is 0 Å². The minimum absolute atomic E-state index is 0.286. The predicted octanol–water partition coefficient (Wildman–Crippen LogP) is 3.81. The van der Waals surface area contributed by atoms with Crippen molar-refractivity contribution in [3.8, 4) is 28.1 Å². The highest BCUT2D eigenvalue weighted by molar-refractivity contribution is 5.87. The molecule has 2 aromatic heterocycles. The zero-order valence-electron chi connectivity index (χ0n) is 12.1. The molecule has 3 aromatic rings. The Labute approximate surface area is 122 Å². The summed E-state index contributed by atoms with van der Waals surface area (Å²) in [6.07, 6.45) is 0. The predicted molar refractivity (Wildman–Crippen MR) is 80.1 cm³/mol. The maximum absolute atomic E-state index is 5.95. The number of benzene rings is 1. The lowest BCUT2D eigenvalue weighted by atomic mass is 10.0. The Balaban J connectivity index is 2.14. The summed E-state index contributed by atoms with van der Waals surface area (Å²) in [6, 6.07) is 9.53. The fourth-order valence-electron chi connectivity index (χ4n) is 2.39. The van der Waals surface area contributed by atoms with Crippen LogP contribution in [-0.2, 0) is 0 Å². The van der Waals surface area contributed by atoms with Crippen LogP contribution in [0.1, 0.15) is 11.5 Å². The highest BCUT2D eigenvalue weighted by Crippen LogP contribution is 2.38. The van der Waals surface area contributed by atoms with Crippen LogP contribution in [0.15, 0.2) is 39.3 Å². The average molecular weight is 284 g/mol. The fourth-order valence-corrected chi connectivity index (χ4v) is 2.39. The van der Waals surface area contributed by atoms with E-state index in [1.807, 2.05) is 44.2 Å². The molecule has 0 aliphatic heterocycles. The van der Waals surface area contributed by atoms with Crippen molar-refractivity contribution in [2.24, 2.45) is 0 Å². The van der Waals surface area contributed by atoms with Crippen LogP contribution < -0.4 is 10.5 Å². The van der Waals surface area contributed by atoms with Gasteiger partial charge in [0, 0.05) is 5.56 Å². The topological polar surface area (TPSA) is 74.4 Å². The molecule has 0 atom stereocenters. The van der Waals surface area contributed by atoms with E-state index in [0.29, 0.717) is 5.69 Å². The normalized spacial score (nSPS) is 10.8. The highest BCUT2D eigenvalue weighted by Gasteiger charge is 2.20. The van der Waals surface area contributed by atoms with E-state index in [1.54, 1.807) is 7.11 Å². The summed E-state index contributed by atoms with van der Waals surface area (Å²) < 4.78 is 15.9. The minimum atomic E-state index is 0.286. The van der Waals surface area contributed by atoms with Crippen LogP contribution >= 0.6 is 0 Å². The number of aryl methyl sites for hydroxylation is 2. The minimum Gasteiger partial charge on any atom is -0.497 e. The zero-order chi connectivity index (χ0) is 15.0. The number of methoxy groups -OCH3 is 1. The number of nitrogens with two attached hydrogens (primary N) is 1. The van der Waals surface area contributed by atoms with Crippen molar-refractivity contribution in [1.29, 1.82) is 0 Å². The number of hydrogen-bond acceptors (Lipinski definition) is 5. The molecule has 108 valence electrons. The highest BCUT2D eigenvalue weighted by atomic mass is 16.5. The van der Waals surface area contributed by atoms with Crippen molar-refractivity contribution in [2.45, 2.75) is 13.8 Å². The number of rotatable bonds is 3. The standard InChI is InChI=1S/C16H16N2O3/c1-9-8-13(10(2)20-9)15-14(16(17)21-18-15)11-4-6-12(19-3)7-5-11/h4-8H,17H2,1-3H3. The van der Waals surface area contributed by atoms with Crippen molar-refractivity contribution in [1.82, 2.24) is 5.16 Å². The van der Waals surface area contributed by atoms with Crippen LogP contribution in [0.3, 0.4) is 0 Å². The molecule has 3 rings (SSSR count). The molecule has 0 unspecified atom stereocenters. The van der Waals surface area contributed by atoms with Gasteiger partial charge in [0.25, 0.3) is 0 Å². The molecule has 0 bridgehead atoms. The average Bonchev–Trinajstić information content (AvgIpc) is 3.01. The van der Waals surface area contributed by atoms with Gasteiger partial charge in [-0.3, -0.25) is 0 Å². The van der Waals surface area contributed by atoms with Gasteiger partial charge in [-0.25, -0.2) is 0 Å². The molecule has 5 nitrogen and oxygen atoms in total. The summed E-state index contributed by atoms with van der Waals surface area (Å²) >= 11 is 0. The lowest BCUT2D eigenvalue weighted by molar-refractivity contribution is 0.415. The molecule has 1 aromatic carbocycles. The van der Waals surface area contributed by atoms with Crippen molar-refractivity contribution in [3.05, 3.63) is 41.9 Å². The Kier molecular flexibility index (Phi) is 3.17. The van der Waals surface area contributed by atoms with Gasteiger partial charge in [0.1, 0.15) is 23.0 Å². The van der Waals surface area contributed by atoms with Gasteiger partial charge in [-0.1, -0.05) is 17.3 Å². The van der Waals surface area contributed by atoms with E-state index >= 15 is 0 Å². The molecule has 0 aliphatic rings.